The average molecular weight is 325 g/mol. The number of amidine groups is 1. The van der Waals surface area contributed by atoms with E-state index in [0.29, 0.717) is 0 Å². The summed E-state index contributed by atoms with van der Waals surface area (Å²) in [6.45, 7) is 5.43. The quantitative estimate of drug-likeness (QED) is 0.804. The minimum absolute atomic E-state index is 0.717. The molecule has 0 spiro atoms. The maximum atomic E-state index is 4.82. The van der Waals surface area contributed by atoms with E-state index in [1.54, 1.807) is 0 Å². The molecule has 2 aliphatic heterocycles. The molecule has 5 nitrogen and oxygen atoms in total. The molecule has 1 aliphatic carbocycles. The second kappa shape index (κ2) is 7.11. The third kappa shape index (κ3) is 3.90. The van der Waals surface area contributed by atoms with Gasteiger partial charge >= 0.3 is 0 Å². The molecule has 2 fully saturated rings. The molecule has 0 radical (unpaired) electrons. The van der Waals surface area contributed by atoms with Gasteiger partial charge in [-0.1, -0.05) is 0 Å². The molecule has 1 saturated carbocycles. The Kier molecular flexibility index (Phi) is 4.72. The maximum Gasteiger partial charge on any atom is 0.155 e. The van der Waals surface area contributed by atoms with Gasteiger partial charge < -0.3 is 4.90 Å². The van der Waals surface area contributed by atoms with E-state index < -0.39 is 0 Å². The van der Waals surface area contributed by atoms with E-state index in [4.69, 9.17) is 4.99 Å². The van der Waals surface area contributed by atoms with Crippen molar-refractivity contribution in [2.24, 2.45) is 15.9 Å². The van der Waals surface area contributed by atoms with Crippen molar-refractivity contribution in [3.05, 3.63) is 30.1 Å². The van der Waals surface area contributed by atoms with Crippen molar-refractivity contribution in [1.82, 2.24) is 14.8 Å². The van der Waals surface area contributed by atoms with Gasteiger partial charge in [-0.25, -0.2) is 4.99 Å². The van der Waals surface area contributed by atoms with Crippen molar-refractivity contribution in [2.45, 2.75) is 31.7 Å². The first kappa shape index (κ1) is 15.9. The number of aromatic nitrogens is 1. The topological polar surface area (TPSA) is 44.1 Å². The standard InChI is InChI=1S/C19H27N5/c1-23-10-6-18(7-11-23)24(13-15-2-3-15)14-17-12-21-19(22-17)16-4-8-20-9-5-16/h4-5,8-9,15,18H,2-3,6-7,10-14H2,1H3. The van der Waals surface area contributed by atoms with Crippen LogP contribution >= 0.6 is 0 Å². The summed E-state index contributed by atoms with van der Waals surface area (Å²) in [7, 11) is 2.23. The Morgan fingerprint density at radius 3 is 2.58 bits per heavy atom. The summed E-state index contributed by atoms with van der Waals surface area (Å²) in [6, 6.07) is 4.70. The van der Waals surface area contributed by atoms with Crippen LogP contribution in [0, 0.1) is 5.92 Å². The second-order valence-corrected chi connectivity index (χ2v) is 7.46. The predicted molar refractivity (Wildman–Crippen MR) is 97.9 cm³/mol. The molecule has 0 bridgehead atoms. The monoisotopic (exact) mass is 325 g/mol. The lowest BCUT2D eigenvalue weighted by atomic mass is 10.0. The van der Waals surface area contributed by atoms with Crippen molar-refractivity contribution in [3.63, 3.8) is 0 Å². The van der Waals surface area contributed by atoms with Gasteiger partial charge in [0.1, 0.15) is 0 Å². The predicted octanol–water partition coefficient (Wildman–Crippen LogP) is 2.09. The zero-order valence-corrected chi connectivity index (χ0v) is 14.6. The Morgan fingerprint density at radius 2 is 1.88 bits per heavy atom. The molecule has 0 amide bonds. The van der Waals surface area contributed by atoms with E-state index in [0.717, 1.165) is 36.4 Å². The number of hydrogen-bond acceptors (Lipinski definition) is 5. The van der Waals surface area contributed by atoms with Crippen LogP contribution in [0.5, 0.6) is 0 Å². The fraction of sp³-hybridized carbons (Fsp3) is 0.632. The zero-order chi connectivity index (χ0) is 16.4. The minimum Gasteiger partial charge on any atom is -0.306 e. The lowest BCUT2D eigenvalue weighted by Crippen LogP contribution is -2.46. The largest absolute Gasteiger partial charge is 0.306 e. The van der Waals surface area contributed by atoms with E-state index >= 15 is 0 Å². The molecule has 4 rings (SSSR count). The molecule has 24 heavy (non-hydrogen) atoms. The molecule has 3 aliphatic rings. The Bertz CT molecular complexity index is 612. The molecular weight excluding hydrogens is 298 g/mol. The van der Waals surface area contributed by atoms with Crippen LogP contribution in [0.15, 0.2) is 34.5 Å². The van der Waals surface area contributed by atoms with Gasteiger partial charge in [-0.15, -0.1) is 0 Å². The summed E-state index contributed by atoms with van der Waals surface area (Å²) >= 11 is 0. The van der Waals surface area contributed by atoms with Crippen LogP contribution in [0.4, 0.5) is 0 Å². The highest BCUT2D eigenvalue weighted by Gasteiger charge is 2.30. The lowest BCUT2D eigenvalue weighted by Gasteiger charge is -2.37. The number of hydrogen-bond donors (Lipinski definition) is 0. The Morgan fingerprint density at radius 1 is 1.12 bits per heavy atom. The van der Waals surface area contributed by atoms with Gasteiger partial charge in [-0.05, 0) is 63.9 Å². The molecule has 1 aromatic heterocycles. The summed E-state index contributed by atoms with van der Waals surface area (Å²) in [5.74, 6) is 1.80. The van der Waals surface area contributed by atoms with Gasteiger partial charge in [0.25, 0.3) is 0 Å². The first-order valence-electron chi connectivity index (χ1n) is 9.22. The summed E-state index contributed by atoms with van der Waals surface area (Å²) < 4.78 is 0. The van der Waals surface area contributed by atoms with Crippen LogP contribution in [0.3, 0.4) is 0 Å². The molecule has 128 valence electrons. The molecule has 0 atom stereocenters. The fourth-order valence-corrected chi connectivity index (χ4v) is 3.70. The van der Waals surface area contributed by atoms with Gasteiger partial charge in [0, 0.05) is 37.1 Å². The summed E-state index contributed by atoms with van der Waals surface area (Å²) in [4.78, 5) is 18.7. The third-order valence-corrected chi connectivity index (χ3v) is 5.39. The van der Waals surface area contributed by atoms with Crippen molar-refractivity contribution >= 4 is 11.5 Å². The van der Waals surface area contributed by atoms with E-state index in [1.807, 2.05) is 24.5 Å². The molecule has 0 aromatic carbocycles. The molecule has 1 saturated heterocycles. The number of likely N-dealkylation sites (tertiary alicyclic amines) is 1. The molecule has 0 N–H and O–H groups in total. The van der Waals surface area contributed by atoms with Crippen molar-refractivity contribution in [2.75, 3.05) is 39.8 Å². The van der Waals surface area contributed by atoms with Crippen LogP contribution in [-0.4, -0.2) is 72.1 Å². The van der Waals surface area contributed by atoms with E-state index in [9.17, 15) is 0 Å². The summed E-state index contributed by atoms with van der Waals surface area (Å²) in [5.41, 5.74) is 2.30. The second-order valence-electron chi connectivity index (χ2n) is 7.46. The number of aliphatic imine (C=N–C) groups is 2. The highest BCUT2D eigenvalue weighted by molar-refractivity contribution is 6.12. The molecule has 5 heteroatoms. The SMILES string of the molecule is CN1CCC(N(CC2=NC(c3ccncc3)=NC2)CC2CC2)CC1. The maximum absolute atomic E-state index is 4.82. The van der Waals surface area contributed by atoms with Crippen LogP contribution < -0.4 is 0 Å². The Hall–Kier alpha value is -1.59. The number of rotatable bonds is 6. The minimum atomic E-state index is 0.717. The Labute approximate surface area is 144 Å². The third-order valence-electron chi connectivity index (χ3n) is 5.39. The highest BCUT2D eigenvalue weighted by Crippen LogP contribution is 2.31. The highest BCUT2D eigenvalue weighted by atomic mass is 15.2. The zero-order valence-electron chi connectivity index (χ0n) is 14.6. The van der Waals surface area contributed by atoms with Crippen LogP contribution in [0.25, 0.3) is 0 Å². The van der Waals surface area contributed by atoms with Crippen LogP contribution in [-0.2, 0) is 0 Å². The lowest BCUT2D eigenvalue weighted by molar-refractivity contribution is 0.131. The number of piperidine rings is 1. The number of pyridine rings is 1. The van der Waals surface area contributed by atoms with Crippen molar-refractivity contribution in [1.29, 1.82) is 0 Å². The van der Waals surface area contributed by atoms with Gasteiger partial charge in [0.2, 0.25) is 0 Å². The molecule has 3 heterocycles. The number of nitrogens with zero attached hydrogens (tertiary/aromatic N) is 5. The normalized spacial score (nSPS) is 22.8. The summed E-state index contributed by atoms with van der Waals surface area (Å²) in [6.07, 6.45) is 9.01. The first-order valence-corrected chi connectivity index (χ1v) is 9.22. The van der Waals surface area contributed by atoms with Crippen LogP contribution in [0.2, 0.25) is 0 Å². The summed E-state index contributed by atoms with van der Waals surface area (Å²) in [5, 5.41) is 0. The fourth-order valence-electron chi connectivity index (χ4n) is 3.70. The Balaban J connectivity index is 1.41. The average Bonchev–Trinajstić information content (AvgIpc) is 3.31. The molecule has 0 unspecified atom stereocenters. The van der Waals surface area contributed by atoms with Crippen molar-refractivity contribution in [3.8, 4) is 0 Å². The first-order chi connectivity index (χ1) is 11.8. The van der Waals surface area contributed by atoms with Gasteiger partial charge in [-0.3, -0.25) is 14.9 Å². The van der Waals surface area contributed by atoms with Crippen LogP contribution in [0.1, 0.15) is 31.2 Å². The molecule has 1 aromatic rings. The van der Waals surface area contributed by atoms with E-state index in [2.05, 4.69) is 26.8 Å². The molecular formula is C19H27N5. The van der Waals surface area contributed by atoms with Gasteiger partial charge in [0.05, 0.1) is 12.3 Å². The van der Waals surface area contributed by atoms with Crippen molar-refractivity contribution < 1.29 is 0 Å². The van der Waals surface area contributed by atoms with E-state index in [1.165, 1.54) is 51.0 Å². The van der Waals surface area contributed by atoms with Gasteiger partial charge in [-0.2, -0.15) is 0 Å². The van der Waals surface area contributed by atoms with E-state index in [-0.39, 0.29) is 0 Å². The smallest absolute Gasteiger partial charge is 0.155 e. The van der Waals surface area contributed by atoms with Gasteiger partial charge in [0.15, 0.2) is 5.84 Å².